The Bertz CT molecular complexity index is 897. The molecule has 7 heteroatoms. The number of anilines is 2. The van der Waals surface area contributed by atoms with E-state index in [0.29, 0.717) is 22.8 Å². The van der Waals surface area contributed by atoms with Crippen molar-refractivity contribution in [1.29, 1.82) is 0 Å². The zero-order valence-corrected chi connectivity index (χ0v) is 17.7. The predicted molar refractivity (Wildman–Crippen MR) is 116 cm³/mol. The average Bonchev–Trinajstić information content (AvgIpc) is 3.51. The lowest BCUT2D eigenvalue weighted by Crippen LogP contribution is -2.33. The Kier molecular flexibility index (Phi) is 6.77. The van der Waals surface area contributed by atoms with Crippen molar-refractivity contribution in [2.24, 2.45) is 0 Å². The molecule has 2 aromatic carbocycles. The molecule has 1 fully saturated rings. The maximum atomic E-state index is 13.2. The summed E-state index contributed by atoms with van der Waals surface area (Å²) in [5.74, 6) is -0.293. The summed E-state index contributed by atoms with van der Waals surface area (Å²) in [6.45, 7) is 0.431. The quantitative estimate of drug-likeness (QED) is 0.712. The molecule has 0 saturated heterocycles. The van der Waals surface area contributed by atoms with Gasteiger partial charge in [0.15, 0.2) is 0 Å². The second-order valence-electron chi connectivity index (χ2n) is 7.36. The first-order valence-corrected chi connectivity index (χ1v) is 9.93. The minimum absolute atomic E-state index is 0.00996. The smallest absolute Gasteiger partial charge is 0.255 e. The number of nitrogens with zero attached hydrogens (tertiary/aromatic N) is 2. The lowest BCUT2D eigenvalue weighted by Gasteiger charge is -2.26. The molecule has 1 N–H and O–H groups in total. The largest absolute Gasteiger partial charge is 0.377 e. The van der Waals surface area contributed by atoms with Crippen molar-refractivity contribution in [3.63, 3.8) is 0 Å². The molecule has 2 aromatic rings. The summed E-state index contributed by atoms with van der Waals surface area (Å²) in [6.07, 6.45) is 1.97. The fraction of sp³-hybridized carbons (Fsp3) is 0.364. The Morgan fingerprint density at radius 1 is 1.17 bits per heavy atom. The third-order valence-electron chi connectivity index (χ3n) is 4.81. The van der Waals surface area contributed by atoms with Crippen molar-refractivity contribution in [1.82, 2.24) is 4.90 Å². The standard InChI is InChI=1S/C22H26ClN3O3/c1-25(2)20-11-8-16(24-21(27)14-29-3)12-15(20)13-26(17-9-10-17)22(28)18-6-4-5-7-19(18)23/h4-8,11-12,17H,9-10,13-14H2,1-3H3,(H,24,27). The van der Waals surface area contributed by atoms with E-state index in [1.807, 2.05) is 54.2 Å². The Morgan fingerprint density at radius 3 is 2.52 bits per heavy atom. The normalized spacial score (nSPS) is 13.1. The highest BCUT2D eigenvalue weighted by atomic mass is 35.5. The maximum Gasteiger partial charge on any atom is 0.255 e. The number of benzene rings is 2. The van der Waals surface area contributed by atoms with Gasteiger partial charge in [-0.1, -0.05) is 23.7 Å². The summed E-state index contributed by atoms with van der Waals surface area (Å²) in [5.41, 5.74) is 3.13. The van der Waals surface area contributed by atoms with Crippen LogP contribution in [0.3, 0.4) is 0 Å². The summed E-state index contributed by atoms with van der Waals surface area (Å²) in [6, 6.07) is 13.1. The van der Waals surface area contributed by atoms with Gasteiger partial charge >= 0.3 is 0 Å². The first-order chi connectivity index (χ1) is 13.9. The molecule has 3 rings (SSSR count). The SMILES string of the molecule is COCC(=O)Nc1ccc(N(C)C)c(CN(C(=O)c2ccccc2Cl)C2CC2)c1. The second kappa shape index (κ2) is 9.29. The van der Waals surface area contributed by atoms with Crippen LogP contribution in [0.15, 0.2) is 42.5 Å². The molecule has 0 atom stereocenters. The van der Waals surface area contributed by atoms with E-state index in [2.05, 4.69) is 5.32 Å². The number of hydrogen-bond acceptors (Lipinski definition) is 4. The van der Waals surface area contributed by atoms with Crippen LogP contribution >= 0.6 is 11.6 Å². The highest BCUT2D eigenvalue weighted by molar-refractivity contribution is 6.33. The Morgan fingerprint density at radius 2 is 1.90 bits per heavy atom. The first kappa shape index (κ1) is 21.1. The number of rotatable bonds is 8. The minimum atomic E-state index is -0.220. The highest BCUT2D eigenvalue weighted by Gasteiger charge is 2.34. The molecule has 29 heavy (non-hydrogen) atoms. The number of halogens is 1. The highest BCUT2D eigenvalue weighted by Crippen LogP contribution is 2.33. The Labute approximate surface area is 176 Å². The first-order valence-electron chi connectivity index (χ1n) is 9.55. The second-order valence-corrected chi connectivity index (χ2v) is 7.77. The number of carbonyl (C=O) groups is 2. The van der Waals surface area contributed by atoms with Gasteiger partial charge in [0.25, 0.3) is 5.91 Å². The van der Waals surface area contributed by atoms with Gasteiger partial charge in [-0.2, -0.15) is 0 Å². The third kappa shape index (κ3) is 5.28. The van der Waals surface area contributed by atoms with E-state index >= 15 is 0 Å². The zero-order valence-electron chi connectivity index (χ0n) is 16.9. The van der Waals surface area contributed by atoms with Gasteiger partial charge in [0.1, 0.15) is 6.61 Å². The van der Waals surface area contributed by atoms with Gasteiger partial charge in [-0.25, -0.2) is 0 Å². The monoisotopic (exact) mass is 415 g/mol. The average molecular weight is 416 g/mol. The predicted octanol–water partition coefficient (Wildman–Crippen LogP) is 3.80. The number of amides is 2. The molecule has 1 aliphatic carbocycles. The Balaban J connectivity index is 1.89. The van der Waals surface area contributed by atoms with Crippen molar-refractivity contribution >= 4 is 34.8 Å². The van der Waals surface area contributed by atoms with Crippen molar-refractivity contribution in [2.75, 3.05) is 38.0 Å². The summed E-state index contributed by atoms with van der Waals surface area (Å²) in [7, 11) is 5.40. The molecular weight excluding hydrogens is 390 g/mol. The van der Waals surface area contributed by atoms with Crippen LogP contribution < -0.4 is 10.2 Å². The molecule has 1 saturated carbocycles. The molecule has 0 heterocycles. The van der Waals surface area contributed by atoms with E-state index in [1.165, 1.54) is 7.11 Å². The van der Waals surface area contributed by atoms with Gasteiger partial charge in [0, 0.05) is 45.2 Å². The van der Waals surface area contributed by atoms with Crippen molar-refractivity contribution < 1.29 is 14.3 Å². The van der Waals surface area contributed by atoms with E-state index in [0.717, 1.165) is 24.1 Å². The van der Waals surface area contributed by atoms with Crippen LogP contribution in [0.5, 0.6) is 0 Å². The Hall–Kier alpha value is -2.57. The molecule has 0 aromatic heterocycles. The lowest BCUT2D eigenvalue weighted by atomic mass is 10.1. The van der Waals surface area contributed by atoms with E-state index < -0.39 is 0 Å². The number of methoxy groups -OCH3 is 1. The fourth-order valence-corrected chi connectivity index (χ4v) is 3.50. The molecule has 0 radical (unpaired) electrons. The third-order valence-corrected chi connectivity index (χ3v) is 5.14. The van der Waals surface area contributed by atoms with Gasteiger partial charge < -0.3 is 19.9 Å². The van der Waals surface area contributed by atoms with E-state index in [9.17, 15) is 9.59 Å². The van der Waals surface area contributed by atoms with Crippen LogP contribution in [0.25, 0.3) is 0 Å². The molecule has 6 nitrogen and oxygen atoms in total. The van der Waals surface area contributed by atoms with Gasteiger partial charge in [-0.15, -0.1) is 0 Å². The van der Waals surface area contributed by atoms with Gasteiger partial charge in [-0.3, -0.25) is 9.59 Å². The van der Waals surface area contributed by atoms with Gasteiger partial charge in [-0.05, 0) is 48.7 Å². The van der Waals surface area contributed by atoms with Crippen molar-refractivity contribution in [3.8, 4) is 0 Å². The number of carbonyl (C=O) groups excluding carboxylic acids is 2. The lowest BCUT2D eigenvalue weighted by molar-refractivity contribution is -0.119. The molecular formula is C22H26ClN3O3. The van der Waals surface area contributed by atoms with Crippen LogP contribution in [-0.2, 0) is 16.1 Å². The van der Waals surface area contributed by atoms with E-state index in [4.69, 9.17) is 16.3 Å². The number of nitrogens with one attached hydrogen (secondary N) is 1. The van der Waals surface area contributed by atoms with Gasteiger partial charge in [0.2, 0.25) is 5.91 Å². The molecule has 154 valence electrons. The molecule has 0 aliphatic heterocycles. The van der Waals surface area contributed by atoms with E-state index in [-0.39, 0.29) is 24.5 Å². The van der Waals surface area contributed by atoms with Crippen LogP contribution in [-0.4, -0.2) is 50.6 Å². The number of hydrogen-bond donors (Lipinski definition) is 1. The molecule has 0 bridgehead atoms. The minimum Gasteiger partial charge on any atom is -0.377 e. The van der Waals surface area contributed by atoms with Crippen molar-refractivity contribution in [3.05, 3.63) is 58.6 Å². The van der Waals surface area contributed by atoms with Crippen molar-refractivity contribution in [2.45, 2.75) is 25.4 Å². The van der Waals surface area contributed by atoms with Crippen LogP contribution in [0.2, 0.25) is 5.02 Å². The summed E-state index contributed by atoms with van der Waals surface area (Å²) in [5, 5.41) is 3.29. The summed E-state index contributed by atoms with van der Waals surface area (Å²) < 4.78 is 4.88. The molecule has 0 unspecified atom stereocenters. The van der Waals surface area contributed by atoms with Crippen LogP contribution in [0.4, 0.5) is 11.4 Å². The number of ether oxygens (including phenoxy) is 1. The maximum absolute atomic E-state index is 13.2. The summed E-state index contributed by atoms with van der Waals surface area (Å²) in [4.78, 5) is 29.0. The molecule has 1 aliphatic rings. The van der Waals surface area contributed by atoms with Gasteiger partial charge in [0.05, 0.1) is 10.6 Å². The topological polar surface area (TPSA) is 61.9 Å². The van der Waals surface area contributed by atoms with Crippen LogP contribution in [0.1, 0.15) is 28.8 Å². The van der Waals surface area contributed by atoms with Crippen LogP contribution in [0, 0.1) is 0 Å². The molecule has 2 amide bonds. The zero-order chi connectivity index (χ0) is 21.0. The summed E-state index contributed by atoms with van der Waals surface area (Å²) >= 11 is 6.27. The fourth-order valence-electron chi connectivity index (χ4n) is 3.28. The van der Waals surface area contributed by atoms with E-state index in [1.54, 1.807) is 12.1 Å². The molecule has 0 spiro atoms.